The van der Waals surface area contributed by atoms with E-state index in [1.807, 2.05) is 0 Å². The van der Waals surface area contributed by atoms with Crippen molar-refractivity contribution >= 4 is 12.4 Å². The summed E-state index contributed by atoms with van der Waals surface area (Å²) in [4.78, 5) is 0. The fraction of sp³-hybridized carbons (Fsp3) is 0.125. The fourth-order valence-electron chi connectivity index (χ4n) is 1.71. The van der Waals surface area contributed by atoms with E-state index in [9.17, 15) is 10.2 Å². The van der Waals surface area contributed by atoms with E-state index in [1.54, 1.807) is 24.3 Å². The molecule has 0 heterocycles. The quantitative estimate of drug-likeness (QED) is 0.656. The van der Waals surface area contributed by atoms with E-state index in [2.05, 4.69) is 10.2 Å². The zero-order valence-electron chi connectivity index (χ0n) is 12.2. The van der Waals surface area contributed by atoms with Crippen LogP contribution in [-0.4, -0.2) is 36.9 Å². The topological polar surface area (TPSA) is 83.6 Å². The van der Waals surface area contributed by atoms with Crippen molar-refractivity contribution in [3.05, 3.63) is 47.5 Å². The molecule has 0 unspecified atom stereocenters. The van der Waals surface area contributed by atoms with Crippen LogP contribution < -0.4 is 9.47 Å². The van der Waals surface area contributed by atoms with Gasteiger partial charge in [-0.25, -0.2) is 0 Å². The van der Waals surface area contributed by atoms with Crippen LogP contribution in [0.1, 0.15) is 11.1 Å². The summed E-state index contributed by atoms with van der Waals surface area (Å²) >= 11 is 0. The molecule has 0 amide bonds. The standard InChI is InChI=1S/C16H16N2O4/c1-21-13-5-3-11(15(19)7-13)9-17-18-10-12-4-6-14(22-2)8-16(12)20/h3-10,19-20H,1-2H3/b17-9-,18-10-. The summed E-state index contributed by atoms with van der Waals surface area (Å²) < 4.78 is 9.99. The van der Waals surface area contributed by atoms with E-state index in [1.165, 1.54) is 38.8 Å². The lowest BCUT2D eigenvalue weighted by Gasteiger charge is -2.02. The molecule has 2 aromatic rings. The van der Waals surface area contributed by atoms with Gasteiger partial charge in [0.25, 0.3) is 0 Å². The maximum absolute atomic E-state index is 9.76. The van der Waals surface area contributed by atoms with E-state index < -0.39 is 0 Å². The molecule has 114 valence electrons. The molecule has 0 aromatic heterocycles. The maximum Gasteiger partial charge on any atom is 0.128 e. The van der Waals surface area contributed by atoms with Crippen molar-refractivity contribution in [1.29, 1.82) is 0 Å². The predicted octanol–water partition coefficient (Wildman–Crippen LogP) is 2.57. The lowest BCUT2D eigenvalue weighted by Crippen LogP contribution is -1.87. The highest BCUT2D eigenvalue weighted by molar-refractivity contribution is 5.86. The molecule has 0 saturated heterocycles. The van der Waals surface area contributed by atoms with Crippen molar-refractivity contribution in [3.8, 4) is 23.0 Å². The van der Waals surface area contributed by atoms with Crippen LogP contribution in [0, 0.1) is 0 Å². The van der Waals surface area contributed by atoms with E-state index in [0.29, 0.717) is 22.6 Å². The molecule has 0 spiro atoms. The van der Waals surface area contributed by atoms with E-state index >= 15 is 0 Å². The minimum atomic E-state index is 0.0468. The Kier molecular flexibility index (Phi) is 4.98. The first-order valence-electron chi connectivity index (χ1n) is 6.44. The molecule has 2 rings (SSSR count). The monoisotopic (exact) mass is 300 g/mol. The number of rotatable bonds is 5. The van der Waals surface area contributed by atoms with Gasteiger partial charge in [-0.2, -0.15) is 10.2 Å². The number of phenolic OH excluding ortho intramolecular Hbond substituents is 2. The van der Waals surface area contributed by atoms with Crippen molar-refractivity contribution in [3.63, 3.8) is 0 Å². The van der Waals surface area contributed by atoms with Gasteiger partial charge in [-0.3, -0.25) is 0 Å². The highest BCUT2D eigenvalue weighted by Gasteiger charge is 2.01. The van der Waals surface area contributed by atoms with Crippen molar-refractivity contribution in [1.82, 2.24) is 0 Å². The van der Waals surface area contributed by atoms with Gasteiger partial charge in [-0.05, 0) is 24.3 Å². The Hall–Kier alpha value is -3.02. The lowest BCUT2D eigenvalue weighted by molar-refractivity contribution is 0.407. The zero-order chi connectivity index (χ0) is 15.9. The van der Waals surface area contributed by atoms with E-state index in [0.717, 1.165) is 0 Å². The molecule has 6 heteroatoms. The normalized spacial score (nSPS) is 11.2. The average Bonchev–Trinajstić information content (AvgIpc) is 2.53. The summed E-state index contributed by atoms with van der Waals surface area (Å²) in [7, 11) is 3.04. The predicted molar refractivity (Wildman–Crippen MR) is 84.5 cm³/mol. The third-order valence-electron chi connectivity index (χ3n) is 2.94. The molecule has 0 saturated carbocycles. The molecule has 0 radical (unpaired) electrons. The number of hydrogen-bond donors (Lipinski definition) is 2. The van der Waals surface area contributed by atoms with Crippen molar-refractivity contribution in [2.45, 2.75) is 0 Å². The summed E-state index contributed by atoms with van der Waals surface area (Å²) in [6, 6.07) is 9.72. The lowest BCUT2D eigenvalue weighted by atomic mass is 10.2. The average molecular weight is 300 g/mol. The third kappa shape index (κ3) is 3.76. The number of phenols is 2. The van der Waals surface area contributed by atoms with Crippen LogP contribution in [0.4, 0.5) is 0 Å². The first kappa shape index (κ1) is 15.4. The first-order chi connectivity index (χ1) is 10.6. The van der Waals surface area contributed by atoms with Gasteiger partial charge in [0, 0.05) is 23.3 Å². The molecule has 0 aliphatic rings. The molecule has 2 N–H and O–H groups in total. The largest absolute Gasteiger partial charge is 0.507 e. The molecule has 0 atom stereocenters. The number of methoxy groups -OCH3 is 2. The summed E-state index contributed by atoms with van der Waals surface area (Å²) in [5.74, 6) is 1.21. The molecule has 6 nitrogen and oxygen atoms in total. The zero-order valence-corrected chi connectivity index (χ0v) is 12.2. The molecular formula is C16H16N2O4. The Morgan fingerprint density at radius 2 is 1.18 bits per heavy atom. The summed E-state index contributed by atoms with van der Waals surface area (Å²) in [6.07, 6.45) is 2.82. The third-order valence-corrected chi connectivity index (χ3v) is 2.94. The van der Waals surface area contributed by atoms with Crippen LogP contribution >= 0.6 is 0 Å². The number of nitrogens with zero attached hydrogens (tertiary/aromatic N) is 2. The molecule has 0 aliphatic heterocycles. The summed E-state index contributed by atoms with van der Waals surface area (Å²) in [5.41, 5.74) is 1.02. The second-order valence-corrected chi connectivity index (χ2v) is 4.34. The van der Waals surface area contributed by atoms with Crippen LogP contribution in [0.2, 0.25) is 0 Å². The first-order valence-corrected chi connectivity index (χ1v) is 6.44. The van der Waals surface area contributed by atoms with Crippen LogP contribution in [0.5, 0.6) is 23.0 Å². The van der Waals surface area contributed by atoms with E-state index in [-0.39, 0.29) is 11.5 Å². The maximum atomic E-state index is 9.76. The Labute approximate surface area is 128 Å². The van der Waals surface area contributed by atoms with Gasteiger partial charge in [0.15, 0.2) is 0 Å². The van der Waals surface area contributed by atoms with Gasteiger partial charge >= 0.3 is 0 Å². The Bertz CT molecular complexity index is 650. The minimum absolute atomic E-state index is 0.0468. The highest BCUT2D eigenvalue weighted by Crippen LogP contribution is 2.23. The molecular weight excluding hydrogens is 284 g/mol. The van der Waals surface area contributed by atoms with Crippen LogP contribution in [-0.2, 0) is 0 Å². The fourth-order valence-corrected chi connectivity index (χ4v) is 1.71. The Morgan fingerprint density at radius 1 is 0.773 bits per heavy atom. The van der Waals surface area contributed by atoms with Gasteiger partial charge in [0.05, 0.1) is 26.6 Å². The summed E-state index contributed by atoms with van der Waals surface area (Å²) in [6.45, 7) is 0. The van der Waals surface area contributed by atoms with Gasteiger partial charge in [-0.1, -0.05) is 0 Å². The van der Waals surface area contributed by atoms with Crippen molar-refractivity contribution < 1.29 is 19.7 Å². The van der Waals surface area contributed by atoms with Gasteiger partial charge in [0.2, 0.25) is 0 Å². The van der Waals surface area contributed by atoms with E-state index in [4.69, 9.17) is 9.47 Å². The Balaban J connectivity index is 2.09. The van der Waals surface area contributed by atoms with Gasteiger partial charge in [-0.15, -0.1) is 0 Å². The van der Waals surface area contributed by atoms with Crippen LogP contribution in [0.3, 0.4) is 0 Å². The van der Waals surface area contributed by atoms with Crippen molar-refractivity contribution in [2.24, 2.45) is 10.2 Å². The second kappa shape index (κ2) is 7.12. The summed E-state index contributed by atoms with van der Waals surface area (Å²) in [5, 5.41) is 27.2. The molecule has 2 aromatic carbocycles. The molecule has 0 bridgehead atoms. The van der Waals surface area contributed by atoms with Crippen LogP contribution in [0.25, 0.3) is 0 Å². The smallest absolute Gasteiger partial charge is 0.128 e. The van der Waals surface area contributed by atoms with Gasteiger partial charge < -0.3 is 19.7 Å². The molecule has 0 aliphatic carbocycles. The van der Waals surface area contributed by atoms with Gasteiger partial charge in [0.1, 0.15) is 23.0 Å². The number of ether oxygens (including phenoxy) is 2. The molecule has 0 fully saturated rings. The molecule has 22 heavy (non-hydrogen) atoms. The van der Waals surface area contributed by atoms with Crippen molar-refractivity contribution in [2.75, 3.05) is 14.2 Å². The highest BCUT2D eigenvalue weighted by atomic mass is 16.5. The minimum Gasteiger partial charge on any atom is -0.507 e. The SMILES string of the molecule is COc1ccc(/C=N\N=C/c2ccc(OC)cc2O)c(O)c1. The Morgan fingerprint density at radius 3 is 1.50 bits per heavy atom. The van der Waals surface area contributed by atoms with Crippen LogP contribution in [0.15, 0.2) is 46.6 Å². The number of hydrogen-bond acceptors (Lipinski definition) is 6. The number of aromatic hydroxyl groups is 2. The second-order valence-electron chi connectivity index (χ2n) is 4.34. The number of benzene rings is 2.